The zero-order valence-electron chi connectivity index (χ0n) is 8.74. The summed E-state index contributed by atoms with van der Waals surface area (Å²) in [5.41, 5.74) is 0.0117. The highest BCUT2D eigenvalue weighted by molar-refractivity contribution is 8.28. The fourth-order valence-corrected chi connectivity index (χ4v) is 5.37. The van der Waals surface area contributed by atoms with Crippen LogP contribution in [0.25, 0.3) is 0 Å². The highest BCUT2D eigenvalue weighted by atomic mass is 32.1. The Morgan fingerprint density at radius 3 is 2.23 bits per heavy atom. The Bertz CT molecular complexity index is 213. The first-order chi connectivity index (χ1) is 5.90. The first-order valence-corrected chi connectivity index (χ1v) is 8.73. The maximum absolute atomic E-state index is 12.0. The minimum absolute atomic E-state index is 0.0117. The molecule has 0 N–H and O–H groups in total. The van der Waals surface area contributed by atoms with E-state index >= 15 is 0 Å². The van der Waals surface area contributed by atoms with E-state index in [1.807, 2.05) is 13.6 Å². The lowest BCUT2D eigenvalue weighted by Crippen LogP contribution is -2.28. The third kappa shape index (κ3) is 2.76. The highest BCUT2D eigenvalue weighted by Gasteiger charge is 2.39. The third-order valence-electron chi connectivity index (χ3n) is 2.11. The van der Waals surface area contributed by atoms with E-state index in [0.717, 1.165) is 6.16 Å². The quantitative estimate of drug-likeness (QED) is 0.675. The summed E-state index contributed by atoms with van der Waals surface area (Å²) in [6.07, 6.45) is 0.896. The Morgan fingerprint density at radius 1 is 1.38 bits per heavy atom. The van der Waals surface area contributed by atoms with Gasteiger partial charge in [0.2, 0.25) is 0 Å². The largest absolute Gasteiger partial charge is 0.349 e. The van der Waals surface area contributed by atoms with Crippen molar-refractivity contribution in [1.82, 2.24) is 0 Å². The van der Waals surface area contributed by atoms with Gasteiger partial charge < -0.3 is 9.05 Å². The Labute approximate surface area is 81.4 Å². The maximum Gasteiger partial charge on any atom is 0.349 e. The van der Waals surface area contributed by atoms with Crippen molar-refractivity contribution in [2.45, 2.75) is 20.8 Å². The van der Waals surface area contributed by atoms with Crippen molar-refractivity contribution in [2.24, 2.45) is 5.41 Å². The minimum Gasteiger partial charge on any atom is -0.305 e. The summed E-state index contributed by atoms with van der Waals surface area (Å²) in [7, 11) is -3.33. The molecule has 5 heteroatoms. The van der Waals surface area contributed by atoms with E-state index in [9.17, 15) is 4.57 Å². The van der Waals surface area contributed by atoms with Gasteiger partial charge in [-0.05, 0) is 12.8 Å². The van der Waals surface area contributed by atoms with Gasteiger partial charge in [-0.25, -0.2) is 0 Å². The van der Waals surface area contributed by atoms with E-state index in [2.05, 4.69) is 13.8 Å². The average molecular weight is 224 g/mol. The minimum atomic E-state index is -2.72. The predicted octanol–water partition coefficient (Wildman–Crippen LogP) is 3.30. The van der Waals surface area contributed by atoms with Crippen molar-refractivity contribution in [3.63, 3.8) is 0 Å². The van der Waals surface area contributed by atoms with Gasteiger partial charge in [0.1, 0.15) is 0 Å². The maximum atomic E-state index is 12.0. The lowest BCUT2D eigenvalue weighted by atomic mass is 9.97. The number of hydrogen-bond acceptors (Lipinski definition) is 3. The fourth-order valence-electron chi connectivity index (χ4n) is 0.962. The molecule has 78 valence electrons. The summed E-state index contributed by atoms with van der Waals surface area (Å²) < 4.78 is 22.8. The van der Waals surface area contributed by atoms with Gasteiger partial charge in [-0.2, -0.15) is 0 Å². The van der Waals surface area contributed by atoms with E-state index in [4.69, 9.17) is 9.05 Å². The van der Waals surface area contributed by atoms with E-state index < -0.39 is 14.9 Å². The van der Waals surface area contributed by atoms with E-state index in [1.165, 1.54) is 0 Å². The molecular weight excluding hydrogens is 206 g/mol. The molecule has 0 amide bonds. The molecule has 1 aliphatic rings. The van der Waals surface area contributed by atoms with Crippen LogP contribution in [0.3, 0.4) is 0 Å². The monoisotopic (exact) mass is 224 g/mol. The van der Waals surface area contributed by atoms with E-state index in [0.29, 0.717) is 13.2 Å². The van der Waals surface area contributed by atoms with Crippen molar-refractivity contribution >= 4 is 14.9 Å². The summed E-state index contributed by atoms with van der Waals surface area (Å²) in [5, 5.41) is 0. The Hall–Kier alpha value is 0.580. The zero-order valence-corrected chi connectivity index (χ0v) is 10.5. The molecule has 1 rings (SSSR count). The molecule has 1 aliphatic heterocycles. The van der Waals surface area contributed by atoms with Crippen LogP contribution in [-0.4, -0.2) is 26.0 Å². The lowest BCUT2D eigenvalue weighted by Gasteiger charge is -2.36. The molecule has 1 unspecified atom stereocenters. The summed E-state index contributed by atoms with van der Waals surface area (Å²) >= 11 is 0. The van der Waals surface area contributed by atoms with Gasteiger partial charge >= 0.3 is 7.28 Å². The third-order valence-corrected chi connectivity index (χ3v) is 8.83. The standard InChI is InChI=1S/C8H18O3P2/c1-5-12(4)13(9)10-6-8(2,3)7-11-13/h5-7H2,1-4H3. The van der Waals surface area contributed by atoms with Crippen molar-refractivity contribution in [1.29, 1.82) is 0 Å². The second-order valence-electron chi connectivity index (χ2n) is 4.15. The van der Waals surface area contributed by atoms with Gasteiger partial charge in [-0.3, -0.25) is 4.57 Å². The van der Waals surface area contributed by atoms with Crippen LogP contribution in [0.4, 0.5) is 0 Å². The molecule has 0 saturated carbocycles. The molecule has 0 aromatic carbocycles. The van der Waals surface area contributed by atoms with Crippen LogP contribution in [0, 0.1) is 5.41 Å². The molecule has 0 radical (unpaired) electrons. The Balaban J connectivity index is 2.62. The van der Waals surface area contributed by atoms with Crippen LogP contribution in [-0.2, 0) is 13.6 Å². The van der Waals surface area contributed by atoms with Crippen molar-refractivity contribution < 1.29 is 13.6 Å². The predicted molar refractivity (Wildman–Crippen MR) is 56.7 cm³/mol. The van der Waals surface area contributed by atoms with Crippen LogP contribution in [0.2, 0.25) is 0 Å². The highest BCUT2D eigenvalue weighted by Crippen LogP contribution is 2.76. The average Bonchev–Trinajstić information content (AvgIpc) is 2.09. The molecule has 3 nitrogen and oxygen atoms in total. The van der Waals surface area contributed by atoms with Gasteiger partial charge in [0.05, 0.1) is 13.2 Å². The number of rotatable bonds is 2. The van der Waals surface area contributed by atoms with Crippen molar-refractivity contribution in [3.05, 3.63) is 0 Å². The molecule has 0 aromatic heterocycles. The molecule has 13 heavy (non-hydrogen) atoms. The molecule has 1 atom stereocenters. The molecule has 1 saturated heterocycles. The first kappa shape index (κ1) is 11.7. The van der Waals surface area contributed by atoms with Crippen LogP contribution in [0.5, 0.6) is 0 Å². The van der Waals surface area contributed by atoms with Crippen LogP contribution in [0.15, 0.2) is 0 Å². The normalized spacial score (nSPS) is 28.3. The van der Waals surface area contributed by atoms with Crippen LogP contribution < -0.4 is 0 Å². The van der Waals surface area contributed by atoms with Gasteiger partial charge in [-0.15, -0.1) is 0 Å². The van der Waals surface area contributed by atoms with Crippen molar-refractivity contribution in [3.8, 4) is 0 Å². The van der Waals surface area contributed by atoms with Gasteiger partial charge in [0.15, 0.2) is 0 Å². The van der Waals surface area contributed by atoms with Gasteiger partial charge in [-0.1, -0.05) is 20.8 Å². The van der Waals surface area contributed by atoms with Crippen molar-refractivity contribution in [2.75, 3.05) is 26.0 Å². The van der Waals surface area contributed by atoms with E-state index in [1.54, 1.807) is 0 Å². The SMILES string of the molecule is CCP(C)P1(=O)OCC(C)(C)CO1. The topological polar surface area (TPSA) is 35.5 Å². The molecule has 0 bridgehead atoms. The zero-order chi connectivity index (χ0) is 10.1. The lowest BCUT2D eigenvalue weighted by molar-refractivity contribution is 0.0494. The van der Waals surface area contributed by atoms with Gasteiger partial charge in [0.25, 0.3) is 0 Å². The van der Waals surface area contributed by atoms with E-state index in [-0.39, 0.29) is 5.41 Å². The summed E-state index contributed by atoms with van der Waals surface area (Å²) in [6, 6.07) is 0. The second kappa shape index (κ2) is 3.98. The second-order valence-corrected chi connectivity index (χ2v) is 11.1. The summed E-state index contributed by atoms with van der Waals surface area (Å²) in [4.78, 5) is 0. The smallest absolute Gasteiger partial charge is 0.305 e. The molecular formula is C8H18O3P2. The Kier molecular flexibility index (Phi) is 3.57. The molecule has 0 spiro atoms. The van der Waals surface area contributed by atoms with Gasteiger partial charge in [0, 0.05) is 13.0 Å². The number of hydrogen-bond donors (Lipinski definition) is 0. The molecule has 0 aliphatic carbocycles. The molecule has 1 heterocycles. The summed E-state index contributed by atoms with van der Waals surface area (Å²) in [5.74, 6) is 0. The molecule has 1 fully saturated rings. The van der Waals surface area contributed by atoms with Crippen LogP contribution in [0.1, 0.15) is 20.8 Å². The Morgan fingerprint density at radius 2 is 1.85 bits per heavy atom. The van der Waals surface area contributed by atoms with Crippen LogP contribution >= 0.6 is 14.9 Å². The first-order valence-electron chi connectivity index (χ1n) is 4.50. The summed E-state index contributed by atoms with van der Waals surface area (Å²) in [6.45, 7) is 9.22. The molecule has 0 aromatic rings. The fraction of sp³-hybridized carbons (Fsp3) is 1.00.